The van der Waals surface area contributed by atoms with Crippen molar-refractivity contribution in [3.63, 3.8) is 0 Å². The van der Waals surface area contributed by atoms with E-state index in [0.29, 0.717) is 51.5 Å². The van der Waals surface area contributed by atoms with E-state index in [1.165, 1.54) is 32.0 Å². The fraction of sp³-hybridized carbons (Fsp3) is 0.261. The Morgan fingerprint density at radius 2 is 1.75 bits per heavy atom. The lowest BCUT2D eigenvalue weighted by molar-refractivity contribution is -0.116. The number of halogens is 1. The van der Waals surface area contributed by atoms with Gasteiger partial charge in [0.2, 0.25) is 11.7 Å². The molecule has 0 saturated heterocycles. The lowest BCUT2D eigenvalue weighted by atomic mass is 10.2. The zero-order chi connectivity index (χ0) is 23.3. The highest BCUT2D eigenvalue weighted by atomic mass is 35.5. The Labute approximate surface area is 190 Å². The van der Waals surface area contributed by atoms with Gasteiger partial charge in [-0.15, -0.1) is 0 Å². The van der Waals surface area contributed by atoms with E-state index in [-0.39, 0.29) is 12.1 Å². The van der Waals surface area contributed by atoms with Gasteiger partial charge < -0.3 is 19.5 Å². The SMILES string of the molecule is CCc1cc(=O)n(CC(=O)Nc2cc(OC)c(OC)c(OC)c2)c(-c2cccc(Cl)c2)n1. The maximum Gasteiger partial charge on any atom is 0.254 e. The molecule has 0 aliphatic rings. The topological polar surface area (TPSA) is 91.7 Å². The first-order valence-corrected chi connectivity index (χ1v) is 10.2. The zero-order valence-corrected chi connectivity index (χ0v) is 19.0. The number of anilines is 1. The van der Waals surface area contributed by atoms with Crippen molar-refractivity contribution in [2.75, 3.05) is 26.6 Å². The number of hydrogen-bond donors (Lipinski definition) is 1. The Morgan fingerprint density at radius 3 is 2.31 bits per heavy atom. The van der Waals surface area contributed by atoms with E-state index < -0.39 is 5.91 Å². The van der Waals surface area contributed by atoms with E-state index in [9.17, 15) is 9.59 Å². The fourth-order valence-electron chi connectivity index (χ4n) is 3.23. The van der Waals surface area contributed by atoms with Crippen molar-refractivity contribution in [1.29, 1.82) is 0 Å². The molecule has 0 atom stereocenters. The Hall–Kier alpha value is -3.52. The molecular weight excluding hydrogens is 434 g/mol. The van der Waals surface area contributed by atoms with Gasteiger partial charge in [0.15, 0.2) is 11.5 Å². The molecule has 0 fully saturated rings. The Balaban J connectivity index is 1.96. The van der Waals surface area contributed by atoms with E-state index in [4.69, 9.17) is 25.8 Å². The summed E-state index contributed by atoms with van der Waals surface area (Å²) >= 11 is 6.13. The Bertz CT molecular complexity index is 1170. The van der Waals surface area contributed by atoms with E-state index in [0.717, 1.165) is 0 Å². The van der Waals surface area contributed by atoms with Gasteiger partial charge in [-0.25, -0.2) is 4.98 Å². The van der Waals surface area contributed by atoms with Gasteiger partial charge in [0.25, 0.3) is 5.56 Å². The highest BCUT2D eigenvalue weighted by molar-refractivity contribution is 6.30. The smallest absolute Gasteiger partial charge is 0.254 e. The number of carbonyl (C=O) groups excluding carboxylic acids is 1. The predicted octanol–water partition coefficient (Wildman–Crippen LogP) is 3.79. The molecule has 0 saturated carbocycles. The first-order valence-electron chi connectivity index (χ1n) is 9.86. The Morgan fingerprint density at radius 1 is 1.06 bits per heavy atom. The van der Waals surface area contributed by atoms with Gasteiger partial charge in [-0.05, 0) is 18.6 Å². The minimum absolute atomic E-state index is 0.242. The van der Waals surface area contributed by atoms with E-state index in [2.05, 4.69) is 10.3 Å². The summed E-state index contributed by atoms with van der Waals surface area (Å²) in [5.74, 6) is 1.15. The van der Waals surface area contributed by atoms with Crippen LogP contribution < -0.4 is 25.1 Å². The second kappa shape index (κ2) is 10.2. The third kappa shape index (κ3) is 5.03. The average Bonchev–Trinajstić information content (AvgIpc) is 2.79. The molecule has 0 bridgehead atoms. The number of carbonyl (C=O) groups is 1. The number of nitrogens with one attached hydrogen (secondary N) is 1. The second-order valence-corrected chi connectivity index (χ2v) is 7.26. The number of ether oxygens (including phenoxy) is 3. The number of aryl methyl sites for hydroxylation is 1. The van der Waals surface area contributed by atoms with Gasteiger partial charge in [0.1, 0.15) is 12.4 Å². The van der Waals surface area contributed by atoms with Crippen molar-refractivity contribution >= 4 is 23.2 Å². The first-order chi connectivity index (χ1) is 15.4. The molecule has 1 N–H and O–H groups in total. The van der Waals surface area contributed by atoms with E-state index in [1.807, 2.05) is 6.92 Å². The molecular formula is C23H24ClN3O5. The summed E-state index contributed by atoms with van der Waals surface area (Å²) in [6, 6.07) is 11.6. The van der Waals surface area contributed by atoms with Gasteiger partial charge in [-0.2, -0.15) is 0 Å². The van der Waals surface area contributed by atoms with Crippen molar-refractivity contribution < 1.29 is 19.0 Å². The molecule has 3 aromatic rings. The van der Waals surface area contributed by atoms with Crippen molar-refractivity contribution in [2.24, 2.45) is 0 Å². The summed E-state index contributed by atoms with van der Waals surface area (Å²) in [6.07, 6.45) is 0.585. The third-order valence-electron chi connectivity index (χ3n) is 4.76. The summed E-state index contributed by atoms with van der Waals surface area (Å²) in [5, 5.41) is 3.28. The van der Waals surface area contributed by atoms with Crippen LogP contribution in [0, 0.1) is 0 Å². The van der Waals surface area contributed by atoms with Crippen LogP contribution in [-0.4, -0.2) is 36.8 Å². The monoisotopic (exact) mass is 457 g/mol. The van der Waals surface area contributed by atoms with Crippen LogP contribution in [0.25, 0.3) is 11.4 Å². The van der Waals surface area contributed by atoms with Crippen molar-refractivity contribution in [3.8, 4) is 28.6 Å². The number of benzene rings is 2. The minimum Gasteiger partial charge on any atom is -0.493 e. The molecule has 0 unspecified atom stereocenters. The highest BCUT2D eigenvalue weighted by Gasteiger charge is 2.17. The van der Waals surface area contributed by atoms with Crippen molar-refractivity contribution in [1.82, 2.24) is 9.55 Å². The minimum atomic E-state index is -0.421. The van der Waals surface area contributed by atoms with Crippen molar-refractivity contribution in [2.45, 2.75) is 19.9 Å². The summed E-state index contributed by atoms with van der Waals surface area (Å²) in [4.78, 5) is 30.2. The first kappa shape index (κ1) is 23.1. The molecule has 0 aliphatic carbocycles. The summed E-state index contributed by atoms with van der Waals surface area (Å²) in [7, 11) is 4.47. The van der Waals surface area contributed by atoms with Gasteiger partial charge in [-0.3, -0.25) is 14.2 Å². The van der Waals surface area contributed by atoms with Crippen LogP contribution in [0.2, 0.25) is 5.02 Å². The number of amides is 1. The quantitative estimate of drug-likeness (QED) is 0.553. The second-order valence-electron chi connectivity index (χ2n) is 6.82. The van der Waals surface area contributed by atoms with Crippen LogP contribution >= 0.6 is 11.6 Å². The zero-order valence-electron chi connectivity index (χ0n) is 18.3. The van der Waals surface area contributed by atoms with Crippen molar-refractivity contribution in [3.05, 3.63) is 63.5 Å². The molecule has 2 aromatic carbocycles. The van der Waals surface area contributed by atoms with Crippen LogP contribution in [0.3, 0.4) is 0 Å². The highest BCUT2D eigenvalue weighted by Crippen LogP contribution is 2.39. The van der Waals surface area contributed by atoms with Gasteiger partial charge in [0, 0.05) is 40.2 Å². The van der Waals surface area contributed by atoms with E-state index in [1.54, 1.807) is 36.4 Å². The van der Waals surface area contributed by atoms with Gasteiger partial charge in [-0.1, -0.05) is 30.7 Å². The number of hydrogen-bond acceptors (Lipinski definition) is 6. The maximum absolute atomic E-state index is 12.9. The summed E-state index contributed by atoms with van der Waals surface area (Å²) in [6.45, 7) is 1.67. The lowest BCUT2D eigenvalue weighted by Gasteiger charge is -2.16. The molecule has 1 amide bonds. The molecule has 9 heteroatoms. The number of nitrogens with zero attached hydrogens (tertiary/aromatic N) is 2. The molecule has 8 nitrogen and oxygen atoms in total. The molecule has 1 aromatic heterocycles. The number of rotatable bonds is 8. The largest absolute Gasteiger partial charge is 0.493 e. The van der Waals surface area contributed by atoms with Crippen LogP contribution in [0.5, 0.6) is 17.2 Å². The third-order valence-corrected chi connectivity index (χ3v) is 4.99. The van der Waals surface area contributed by atoms with Crippen LogP contribution in [-0.2, 0) is 17.8 Å². The number of methoxy groups -OCH3 is 3. The standard InChI is InChI=1S/C23H24ClN3O5/c1-5-16-12-21(29)27(23(26-16)14-7-6-8-15(24)9-14)13-20(28)25-17-10-18(30-2)22(32-4)19(11-17)31-3/h6-12H,5,13H2,1-4H3,(H,25,28). The normalized spacial score (nSPS) is 10.5. The molecule has 0 aliphatic heterocycles. The van der Waals surface area contributed by atoms with Crippen LogP contribution in [0.1, 0.15) is 12.6 Å². The van der Waals surface area contributed by atoms with Crippen LogP contribution in [0.4, 0.5) is 5.69 Å². The molecule has 32 heavy (non-hydrogen) atoms. The summed E-state index contributed by atoms with van der Waals surface area (Å²) in [5.41, 5.74) is 1.38. The molecule has 3 rings (SSSR count). The fourth-order valence-corrected chi connectivity index (χ4v) is 3.42. The van der Waals surface area contributed by atoms with Crippen LogP contribution in [0.15, 0.2) is 47.3 Å². The lowest BCUT2D eigenvalue weighted by Crippen LogP contribution is -2.30. The molecule has 1 heterocycles. The molecule has 0 spiro atoms. The van der Waals surface area contributed by atoms with Gasteiger partial charge >= 0.3 is 0 Å². The molecule has 0 radical (unpaired) electrons. The van der Waals surface area contributed by atoms with Gasteiger partial charge in [0.05, 0.1) is 21.3 Å². The van der Waals surface area contributed by atoms with E-state index >= 15 is 0 Å². The predicted molar refractivity (Wildman–Crippen MR) is 123 cm³/mol. The summed E-state index contributed by atoms with van der Waals surface area (Å²) < 4.78 is 17.3. The molecule has 168 valence electrons. The Kier molecular flexibility index (Phi) is 7.37. The average molecular weight is 458 g/mol. The maximum atomic E-state index is 12.9. The number of aromatic nitrogens is 2.